The lowest BCUT2D eigenvalue weighted by Crippen LogP contribution is -2.20. The first kappa shape index (κ1) is 14.1. The zero-order valence-corrected chi connectivity index (χ0v) is 14.4. The van der Waals surface area contributed by atoms with Crippen LogP contribution in [0.5, 0.6) is 0 Å². The highest BCUT2D eigenvalue weighted by atomic mass is 79.9. The van der Waals surface area contributed by atoms with Gasteiger partial charge in [0.05, 0.1) is 6.42 Å². The molecule has 1 heterocycles. The number of anilines is 1. The first-order chi connectivity index (χ1) is 9.18. The molecule has 0 saturated heterocycles. The number of hydrogen-bond acceptors (Lipinski definition) is 1. The van der Waals surface area contributed by atoms with Crippen LogP contribution < -0.4 is 4.90 Å². The minimum absolute atomic E-state index is 0.190. The zero-order chi connectivity index (χ0) is 14.9. The number of rotatable bonds is 2. The lowest BCUT2D eigenvalue weighted by atomic mass is 10.00. The molecule has 1 aliphatic carbocycles. The smallest absolute Gasteiger partial charge is 0.231 e. The molecule has 1 aliphatic heterocycles. The molecular formula is C17H22BrNO. The van der Waals surface area contributed by atoms with Gasteiger partial charge in [0.2, 0.25) is 5.91 Å². The monoisotopic (exact) mass is 335 g/mol. The molecule has 20 heavy (non-hydrogen) atoms. The van der Waals surface area contributed by atoms with E-state index in [0.717, 1.165) is 11.3 Å². The molecule has 1 aromatic rings. The van der Waals surface area contributed by atoms with Gasteiger partial charge in [-0.05, 0) is 33.9 Å². The highest BCUT2D eigenvalue weighted by Crippen LogP contribution is 2.74. The minimum Gasteiger partial charge on any atom is -0.315 e. The summed E-state index contributed by atoms with van der Waals surface area (Å²) < 4.78 is 0. The van der Waals surface area contributed by atoms with Gasteiger partial charge in [0, 0.05) is 17.6 Å². The topological polar surface area (TPSA) is 20.3 Å². The number of hydrogen-bond donors (Lipinski definition) is 0. The summed E-state index contributed by atoms with van der Waals surface area (Å²) in [5, 5.41) is 0. The Morgan fingerprint density at radius 1 is 1.25 bits per heavy atom. The van der Waals surface area contributed by atoms with Crippen LogP contribution >= 0.6 is 15.9 Å². The molecule has 0 spiro atoms. The van der Waals surface area contributed by atoms with E-state index in [0.29, 0.717) is 28.0 Å². The Morgan fingerprint density at radius 2 is 1.85 bits per heavy atom. The van der Waals surface area contributed by atoms with Crippen molar-refractivity contribution in [3.63, 3.8) is 0 Å². The second-order valence-electron chi connectivity index (χ2n) is 7.34. The Morgan fingerprint density at radius 3 is 2.40 bits per heavy atom. The highest BCUT2D eigenvalue weighted by Gasteiger charge is 2.66. The SMILES string of the molecule is CN1C(=O)Cc2cc(C(Br)C3C(C)(C)C3(C)C)ccc21. The Bertz CT molecular complexity index is 577. The number of fused-ring (bicyclic) bond motifs is 1. The van der Waals surface area contributed by atoms with Crippen molar-refractivity contribution in [2.45, 2.75) is 38.9 Å². The third-order valence-electron chi connectivity index (χ3n) is 5.92. The highest BCUT2D eigenvalue weighted by molar-refractivity contribution is 9.09. The van der Waals surface area contributed by atoms with E-state index in [9.17, 15) is 4.79 Å². The fourth-order valence-corrected chi connectivity index (χ4v) is 5.44. The quantitative estimate of drug-likeness (QED) is 0.737. The molecule has 0 N–H and O–H groups in total. The maximum Gasteiger partial charge on any atom is 0.231 e. The van der Waals surface area contributed by atoms with Crippen molar-refractivity contribution in [2.75, 3.05) is 11.9 Å². The molecule has 0 radical (unpaired) electrons. The van der Waals surface area contributed by atoms with Crippen molar-refractivity contribution < 1.29 is 4.79 Å². The Kier molecular flexibility index (Phi) is 2.89. The predicted molar refractivity (Wildman–Crippen MR) is 86.3 cm³/mol. The molecule has 108 valence electrons. The van der Waals surface area contributed by atoms with Crippen molar-refractivity contribution >= 4 is 27.5 Å². The first-order valence-electron chi connectivity index (χ1n) is 7.21. The standard InChI is InChI=1S/C17H22BrNO/c1-16(2)15(17(16,3)4)14(18)10-6-7-12-11(8-10)9-13(20)19(12)5/h6-8,14-15H,9H2,1-5H3. The molecule has 3 rings (SSSR count). The van der Waals surface area contributed by atoms with Gasteiger partial charge in [-0.2, -0.15) is 0 Å². The molecule has 0 aromatic heterocycles. The van der Waals surface area contributed by atoms with E-state index in [4.69, 9.17) is 0 Å². The van der Waals surface area contributed by atoms with Crippen LogP contribution in [0.2, 0.25) is 0 Å². The van der Waals surface area contributed by atoms with Crippen molar-refractivity contribution in [1.29, 1.82) is 0 Å². The van der Waals surface area contributed by atoms with Gasteiger partial charge in [-0.1, -0.05) is 55.8 Å². The molecule has 1 amide bonds. The van der Waals surface area contributed by atoms with Crippen LogP contribution in [0.1, 0.15) is 43.6 Å². The van der Waals surface area contributed by atoms with Gasteiger partial charge < -0.3 is 4.90 Å². The first-order valence-corrected chi connectivity index (χ1v) is 8.13. The van der Waals surface area contributed by atoms with Crippen LogP contribution in [0.15, 0.2) is 18.2 Å². The number of alkyl halides is 1. The van der Waals surface area contributed by atoms with Gasteiger partial charge in [0.25, 0.3) is 0 Å². The number of likely N-dealkylation sites (N-methyl/N-ethyl adjacent to an activating group) is 1. The van der Waals surface area contributed by atoms with E-state index in [-0.39, 0.29) is 5.91 Å². The lowest BCUT2D eigenvalue weighted by molar-refractivity contribution is -0.117. The summed E-state index contributed by atoms with van der Waals surface area (Å²) in [6.07, 6.45) is 0.539. The third-order valence-corrected chi connectivity index (χ3v) is 6.98. The molecule has 1 aromatic carbocycles. The second-order valence-corrected chi connectivity index (χ2v) is 8.33. The van der Waals surface area contributed by atoms with E-state index < -0.39 is 0 Å². The van der Waals surface area contributed by atoms with E-state index in [1.165, 1.54) is 5.56 Å². The lowest BCUT2D eigenvalue weighted by Gasteiger charge is -2.15. The number of carbonyl (C=O) groups excluding carboxylic acids is 1. The van der Waals surface area contributed by atoms with Crippen LogP contribution in [0.25, 0.3) is 0 Å². The van der Waals surface area contributed by atoms with Crippen molar-refractivity contribution in [2.24, 2.45) is 16.7 Å². The van der Waals surface area contributed by atoms with Crippen LogP contribution in [0, 0.1) is 16.7 Å². The number of carbonyl (C=O) groups is 1. The molecular weight excluding hydrogens is 314 g/mol. The third kappa shape index (κ3) is 1.71. The second kappa shape index (κ2) is 4.09. The number of halogens is 1. The maximum absolute atomic E-state index is 11.8. The molecule has 2 aliphatic rings. The summed E-state index contributed by atoms with van der Waals surface area (Å²) in [5.74, 6) is 0.818. The number of amides is 1. The predicted octanol–water partition coefficient (Wildman–Crippen LogP) is 4.32. The van der Waals surface area contributed by atoms with E-state index in [1.54, 1.807) is 4.90 Å². The average molecular weight is 336 g/mol. The summed E-state index contributed by atoms with van der Waals surface area (Å²) in [7, 11) is 1.85. The number of nitrogens with zero attached hydrogens (tertiary/aromatic N) is 1. The van der Waals surface area contributed by atoms with Crippen LogP contribution in [-0.4, -0.2) is 13.0 Å². The summed E-state index contributed by atoms with van der Waals surface area (Å²) in [5.41, 5.74) is 4.23. The Labute approximate surface area is 129 Å². The van der Waals surface area contributed by atoms with Gasteiger partial charge in [0.1, 0.15) is 0 Å². The van der Waals surface area contributed by atoms with Crippen molar-refractivity contribution in [3.8, 4) is 0 Å². The summed E-state index contributed by atoms with van der Waals surface area (Å²) in [6.45, 7) is 9.38. The molecule has 1 atom stereocenters. The Balaban J connectivity index is 1.91. The number of benzene rings is 1. The fourth-order valence-electron chi connectivity index (χ4n) is 3.83. The van der Waals surface area contributed by atoms with Crippen LogP contribution in [0.4, 0.5) is 5.69 Å². The van der Waals surface area contributed by atoms with Gasteiger partial charge in [-0.3, -0.25) is 4.79 Å². The van der Waals surface area contributed by atoms with Gasteiger partial charge in [-0.15, -0.1) is 0 Å². The van der Waals surface area contributed by atoms with Crippen molar-refractivity contribution in [3.05, 3.63) is 29.3 Å². The average Bonchev–Trinajstić information content (AvgIpc) is 2.61. The van der Waals surface area contributed by atoms with Crippen LogP contribution in [-0.2, 0) is 11.2 Å². The normalized spacial score (nSPS) is 24.7. The molecule has 3 heteroatoms. The van der Waals surface area contributed by atoms with E-state index in [2.05, 4.69) is 61.8 Å². The van der Waals surface area contributed by atoms with Gasteiger partial charge >= 0.3 is 0 Å². The maximum atomic E-state index is 11.8. The zero-order valence-electron chi connectivity index (χ0n) is 12.8. The van der Waals surface area contributed by atoms with E-state index in [1.807, 2.05) is 7.05 Å². The van der Waals surface area contributed by atoms with Gasteiger partial charge in [-0.25, -0.2) is 0 Å². The molecule has 2 nitrogen and oxygen atoms in total. The fraction of sp³-hybridized carbons (Fsp3) is 0.588. The summed E-state index contributed by atoms with van der Waals surface area (Å²) in [6, 6.07) is 6.46. The summed E-state index contributed by atoms with van der Waals surface area (Å²) in [4.78, 5) is 13.9. The minimum atomic E-state index is 0.190. The van der Waals surface area contributed by atoms with E-state index >= 15 is 0 Å². The molecule has 1 saturated carbocycles. The largest absolute Gasteiger partial charge is 0.315 e. The molecule has 1 unspecified atom stereocenters. The van der Waals surface area contributed by atoms with Crippen LogP contribution in [0.3, 0.4) is 0 Å². The Hall–Kier alpha value is -0.830. The molecule has 0 bridgehead atoms. The van der Waals surface area contributed by atoms with Crippen molar-refractivity contribution in [1.82, 2.24) is 0 Å². The van der Waals surface area contributed by atoms with Gasteiger partial charge in [0.15, 0.2) is 0 Å². The molecule has 1 fully saturated rings. The summed E-state index contributed by atoms with van der Waals surface area (Å²) >= 11 is 3.90.